The molecule has 0 aliphatic heterocycles. The zero-order valence-electron chi connectivity index (χ0n) is 14.8. The first kappa shape index (κ1) is 17.9. The normalized spacial score (nSPS) is 11.0. The SMILES string of the molecule is O=C(Cc1cccs1)NCCSc1c(-c2ccccc2)[nH]c2ccccc12. The number of aromatic nitrogens is 1. The summed E-state index contributed by atoms with van der Waals surface area (Å²) < 4.78 is 0. The van der Waals surface area contributed by atoms with Gasteiger partial charge in [-0.1, -0.05) is 54.6 Å². The second kappa shape index (κ2) is 8.46. The molecule has 1 amide bonds. The number of thiophene rings is 1. The van der Waals surface area contributed by atoms with Crippen molar-refractivity contribution in [2.45, 2.75) is 11.3 Å². The van der Waals surface area contributed by atoms with Gasteiger partial charge < -0.3 is 10.3 Å². The molecule has 2 heterocycles. The number of aromatic amines is 1. The van der Waals surface area contributed by atoms with E-state index >= 15 is 0 Å². The van der Waals surface area contributed by atoms with Gasteiger partial charge in [0.2, 0.25) is 5.91 Å². The average Bonchev–Trinajstić information content (AvgIpc) is 3.34. The fraction of sp³-hybridized carbons (Fsp3) is 0.136. The number of rotatable bonds is 7. The molecule has 0 radical (unpaired) electrons. The Labute approximate surface area is 166 Å². The van der Waals surface area contributed by atoms with Crippen molar-refractivity contribution in [2.24, 2.45) is 0 Å². The van der Waals surface area contributed by atoms with Crippen molar-refractivity contribution in [3.8, 4) is 11.3 Å². The van der Waals surface area contributed by atoms with Crippen LogP contribution in [0.5, 0.6) is 0 Å². The van der Waals surface area contributed by atoms with Gasteiger partial charge in [0.1, 0.15) is 0 Å². The minimum Gasteiger partial charge on any atom is -0.355 e. The third-order valence-corrected chi connectivity index (χ3v) is 6.30. The van der Waals surface area contributed by atoms with E-state index < -0.39 is 0 Å². The molecule has 4 aromatic rings. The monoisotopic (exact) mass is 392 g/mol. The minimum absolute atomic E-state index is 0.0836. The third kappa shape index (κ3) is 4.26. The molecule has 2 aromatic carbocycles. The lowest BCUT2D eigenvalue weighted by Crippen LogP contribution is -2.26. The Morgan fingerprint density at radius 1 is 1.00 bits per heavy atom. The Hall–Kier alpha value is -2.50. The first-order valence-corrected chi connectivity index (χ1v) is 10.8. The Kier molecular flexibility index (Phi) is 5.61. The fourth-order valence-corrected chi connectivity index (χ4v) is 4.81. The quantitative estimate of drug-likeness (QED) is 0.329. The maximum atomic E-state index is 12.1. The van der Waals surface area contributed by atoms with Crippen LogP contribution >= 0.6 is 23.1 Å². The predicted octanol–water partition coefficient (Wildman–Crippen LogP) is 5.35. The first-order chi connectivity index (χ1) is 13.3. The molecule has 0 unspecified atom stereocenters. The molecule has 3 nitrogen and oxygen atoms in total. The summed E-state index contributed by atoms with van der Waals surface area (Å²) in [7, 11) is 0. The lowest BCUT2D eigenvalue weighted by Gasteiger charge is -2.07. The zero-order valence-corrected chi connectivity index (χ0v) is 16.4. The number of thioether (sulfide) groups is 1. The molecular formula is C22H20N2OS2. The van der Waals surface area contributed by atoms with E-state index in [2.05, 4.69) is 52.8 Å². The van der Waals surface area contributed by atoms with Crippen molar-refractivity contribution in [3.63, 3.8) is 0 Å². The molecule has 27 heavy (non-hydrogen) atoms. The maximum Gasteiger partial charge on any atom is 0.225 e. The predicted molar refractivity (Wildman–Crippen MR) is 115 cm³/mol. The van der Waals surface area contributed by atoms with Crippen LogP contribution in [-0.2, 0) is 11.2 Å². The van der Waals surface area contributed by atoms with Gasteiger partial charge in [0.25, 0.3) is 0 Å². The van der Waals surface area contributed by atoms with E-state index in [0.29, 0.717) is 13.0 Å². The van der Waals surface area contributed by atoms with Crippen LogP contribution in [0.25, 0.3) is 22.2 Å². The molecule has 2 N–H and O–H groups in total. The van der Waals surface area contributed by atoms with Crippen LogP contribution in [0.2, 0.25) is 0 Å². The van der Waals surface area contributed by atoms with E-state index in [1.807, 2.05) is 29.6 Å². The lowest BCUT2D eigenvalue weighted by atomic mass is 10.1. The molecule has 0 atom stereocenters. The lowest BCUT2D eigenvalue weighted by molar-refractivity contribution is -0.120. The van der Waals surface area contributed by atoms with Crippen molar-refractivity contribution in [1.82, 2.24) is 10.3 Å². The van der Waals surface area contributed by atoms with Crippen LogP contribution in [0.15, 0.2) is 77.0 Å². The maximum absolute atomic E-state index is 12.1. The molecule has 0 bridgehead atoms. The third-order valence-electron chi connectivity index (χ3n) is 4.31. The van der Waals surface area contributed by atoms with E-state index in [9.17, 15) is 4.79 Å². The van der Waals surface area contributed by atoms with Gasteiger partial charge in [-0.15, -0.1) is 23.1 Å². The number of fused-ring (bicyclic) bond motifs is 1. The number of hydrogen-bond acceptors (Lipinski definition) is 3. The summed E-state index contributed by atoms with van der Waals surface area (Å²) in [6.45, 7) is 0.655. The summed E-state index contributed by atoms with van der Waals surface area (Å²) in [5.74, 6) is 0.915. The van der Waals surface area contributed by atoms with Crippen LogP contribution in [0.1, 0.15) is 4.88 Å². The van der Waals surface area contributed by atoms with Crippen LogP contribution in [0, 0.1) is 0 Å². The summed E-state index contributed by atoms with van der Waals surface area (Å²) >= 11 is 3.40. The van der Waals surface area contributed by atoms with Gasteiger partial charge in [0.15, 0.2) is 0 Å². The Morgan fingerprint density at radius 3 is 2.63 bits per heavy atom. The smallest absolute Gasteiger partial charge is 0.225 e. The van der Waals surface area contributed by atoms with E-state index in [-0.39, 0.29) is 5.91 Å². The average molecular weight is 393 g/mol. The van der Waals surface area contributed by atoms with Crippen LogP contribution in [0.3, 0.4) is 0 Å². The minimum atomic E-state index is 0.0836. The molecule has 0 fully saturated rings. The van der Waals surface area contributed by atoms with E-state index in [0.717, 1.165) is 21.8 Å². The number of amides is 1. The topological polar surface area (TPSA) is 44.9 Å². The van der Waals surface area contributed by atoms with Crippen molar-refractivity contribution in [3.05, 3.63) is 77.0 Å². The summed E-state index contributed by atoms with van der Waals surface area (Å²) in [6, 6.07) is 22.7. The van der Waals surface area contributed by atoms with Crippen LogP contribution in [0.4, 0.5) is 0 Å². The largest absolute Gasteiger partial charge is 0.355 e. The van der Waals surface area contributed by atoms with Crippen molar-refractivity contribution in [2.75, 3.05) is 12.3 Å². The number of carbonyl (C=O) groups excluding carboxylic acids is 1. The highest BCUT2D eigenvalue weighted by atomic mass is 32.2. The number of nitrogens with one attached hydrogen (secondary N) is 2. The van der Waals surface area contributed by atoms with E-state index in [4.69, 9.17) is 0 Å². The number of benzene rings is 2. The van der Waals surface area contributed by atoms with Crippen molar-refractivity contribution in [1.29, 1.82) is 0 Å². The Morgan fingerprint density at radius 2 is 1.81 bits per heavy atom. The number of H-pyrrole nitrogens is 1. The number of para-hydroxylation sites is 1. The van der Waals surface area contributed by atoms with Crippen LogP contribution < -0.4 is 5.32 Å². The molecule has 5 heteroatoms. The molecule has 0 spiro atoms. The molecule has 0 aliphatic carbocycles. The summed E-state index contributed by atoms with van der Waals surface area (Å²) in [4.78, 5) is 17.9. The standard InChI is InChI=1S/C22H20N2OS2/c25-20(15-17-9-6-13-26-17)23-12-14-27-22-18-10-4-5-11-19(18)24-21(22)16-7-2-1-3-8-16/h1-11,13,24H,12,14-15H2,(H,23,25). The highest BCUT2D eigenvalue weighted by molar-refractivity contribution is 7.99. The Bertz CT molecular complexity index is 1020. The second-order valence-electron chi connectivity index (χ2n) is 6.20. The molecule has 4 rings (SSSR count). The van der Waals surface area contributed by atoms with Gasteiger partial charge >= 0.3 is 0 Å². The van der Waals surface area contributed by atoms with E-state index in [1.165, 1.54) is 15.8 Å². The van der Waals surface area contributed by atoms with Gasteiger partial charge in [-0.05, 0) is 23.1 Å². The summed E-state index contributed by atoms with van der Waals surface area (Å²) in [5, 5.41) is 6.26. The van der Waals surface area contributed by atoms with Crippen molar-refractivity contribution < 1.29 is 4.79 Å². The molecule has 0 saturated heterocycles. The van der Waals surface area contributed by atoms with E-state index in [1.54, 1.807) is 23.1 Å². The molecule has 136 valence electrons. The Balaban J connectivity index is 1.44. The highest BCUT2D eigenvalue weighted by Crippen LogP contribution is 2.37. The summed E-state index contributed by atoms with van der Waals surface area (Å²) in [6.07, 6.45) is 0.463. The molecule has 0 aliphatic rings. The molecule has 2 aromatic heterocycles. The van der Waals surface area contributed by atoms with Crippen molar-refractivity contribution >= 4 is 39.9 Å². The fourth-order valence-electron chi connectivity index (χ4n) is 3.05. The van der Waals surface area contributed by atoms with Gasteiger partial charge in [0, 0.05) is 33.0 Å². The number of hydrogen-bond donors (Lipinski definition) is 2. The number of carbonyl (C=O) groups is 1. The van der Waals surface area contributed by atoms with Gasteiger partial charge in [-0.3, -0.25) is 4.79 Å². The highest BCUT2D eigenvalue weighted by Gasteiger charge is 2.13. The summed E-state index contributed by atoms with van der Waals surface area (Å²) in [5.41, 5.74) is 3.46. The first-order valence-electron chi connectivity index (χ1n) is 8.89. The molecule has 0 saturated carbocycles. The van der Waals surface area contributed by atoms with Gasteiger partial charge in [-0.25, -0.2) is 0 Å². The zero-order chi connectivity index (χ0) is 18.5. The van der Waals surface area contributed by atoms with Gasteiger partial charge in [-0.2, -0.15) is 0 Å². The van der Waals surface area contributed by atoms with Gasteiger partial charge in [0.05, 0.1) is 12.1 Å². The molecular weight excluding hydrogens is 372 g/mol. The van der Waals surface area contributed by atoms with Crippen LogP contribution in [-0.4, -0.2) is 23.2 Å². The second-order valence-corrected chi connectivity index (χ2v) is 8.33.